The van der Waals surface area contributed by atoms with Crippen LogP contribution >= 0.6 is 0 Å². The SMILES string of the molecule is CC(=O)N1CCCC1C(=O)NCC(=O)NC(Cc1ccccc1)C(=O)c1ccccc1. The zero-order valence-corrected chi connectivity index (χ0v) is 17.5. The van der Waals surface area contributed by atoms with Gasteiger partial charge >= 0.3 is 0 Å². The number of nitrogens with one attached hydrogen (secondary N) is 2. The Kier molecular flexibility index (Phi) is 7.54. The summed E-state index contributed by atoms with van der Waals surface area (Å²) in [6, 6.07) is 16.9. The molecule has 2 unspecified atom stereocenters. The van der Waals surface area contributed by atoms with Gasteiger partial charge in [-0.15, -0.1) is 0 Å². The molecule has 162 valence electrons. The van der Waals surface area contributed by atoms with E-state index in [1.54, 1.807) is 24.3 Å². The van der Waals surface area contributed by atoms with Gasteiger partial charge in [-0.1, -0.05) is 60.7 Å². The molecule has 2 aromatic rings. The van der Waals surface area contributed by atoms with Crippen LogP contribution in [-0.4, -0.2) is 53.6 Å². The van der Waals surface area contributed by atoms with E-state index in [0.717, 1.165) is 12.0 Å². The third-order valence-corrected chi connectivity index (χ3v) is 5.38. The molecule has 31 heavy (non-hydrogen) atoms. The van der Waals surface area contributed by atoms with Crippen molar-refractivity contribution >= 4 is 23.5 Å². The van der Waals surface area contributed by atoms with E-state index in [4.69, 9.17) is 0 Å². The first-order valence-corrected chi connectivity index (χ1v) is 10.4. The highest BCUT2D eigenvalue weighted by Crippen LogP contribution is 2.17. The molecule has 7 heteroatoms. The summed E-state index contributed by atoms with van der Waals surface area (Å²) in [5.74, 6) is -1.15. The third-order valence-electron chi connectivity index (χ3n) is 5.38. The Morgan fingerprint density at radius 3 is 2.29 bits per heavy atom. The summed E-state index contributed by atoms with van der Waals surface area (Å²) < 4.78 is 0. The Balaban J connectivity index is 1.63. The molecule has 0 aromatic heterocycles. The van der Waals surface area contributed by atoms with Gasteiger partial charge < -0.3 is 15.5 Å². The Morgan fingerprint density at radius 2 is 1.65 bits per heavy atom. The second-order valence-corrected chi connectivity index (χ2v) is 7.63. The number of carbonyl (C=O) groups is 4. The van der Waals surface area contributed by atoms with Crippen LogP contribution in [0.4, 0.5) is 0 Å². The first kappa shape index (κ1) is 22.2. The van der Waals surface area contributed by atoms with Gasteiger partial charge in [0.05, 0.1) is 12.6 Å². The molecule has 3 rings (SSSR count). The lowest BCUT2D eigenvalue weighted by Crippen LogP contribution is -2.50. The molecule has 7 nitrogen and oxygen atoms in total. The third kappa shape index (κ3) is 6.01. The van der Waals surface area contributed by atoms with Gasteiger partial charge in [0, 0.05) is 25.5 Å². The van der Waals surface area contributed by atoms with E-state index in [2.05, 4.69) is 10.6 Å². The first-order chi connectivity index (χ1) is 15.0. The van der Waals surface area contributed by atoms with Crippen molar-refractivity contribution in [2.45, 2.75) is 38.3 Å². The predicted molar refractivity (Wildman–Crippen MR) is 116 cm³/mol. The highest BCUT2D eigenvalue weighted by atomic mass is 16.2. The summed E-state index contributed by atoms with van der Waals surface area (Å²) in [6.07, 6.45) is 1.68. The number of carbonyl (C=O) groups excluding carboxylic acids is 4. The van der Waals surface area contributed by atoms with Gasteiger partial charge in [0.25, 0.3) is 0 Å². The molecule has 2 atom stereocenters. The number of likely N-dealkylation sites (tertiary alicyclic amines) is 1. The molecular weight excluding hydrogens is 394 g/mol. The molecular formula is C24H27N3O4. The lowest BCUT2D eigenvalue weighted by Gasteiger charge is -2.23. The number of nitrogens with zero attached hydrogens (tertiary/aromatic N) is 1. The highest BCUT2D eigenvalue weighted by Gasteiger charge is 2.32. The zero-order valence-electron chi connectivity index (χ0n) is 17.5. The van der Waals surface area contributed by atoms with Crippen molar-refractivity contribution in [1.29, 1.82) is 0 Å². The molecule has 1 heterocycles. The molecule has 1 fully saturated rings. The van der Waals surface area contributed by atoms with E-state index < -0.39 is 18.0 Å². The predicted octanol–water partition coefficient (Wildman–Crippen LogP) is 1.72. The van der Waals surface area contributed by atoms with Gasteiger partial charge in [0.2, 0.25) is 17.7 Å². The maximum absolute atomic E-state index is 13.0. The minimum Gasteiger partial charge on any atom is -0.345 e. The normalized spacial score (nSPS) is 16.4. The van der Waals surface area contributed by atoms with Crippen molar-refractivity contribution in [3.05, 3.63) is 71.8 Å². The number of Topliss-reactive ketones (excluding diaryl/α,β-unsaturated/α-hetero) is 1. The maximum atomic E-state index is 13.0. The van der Waals surface area contributed by atoms with Crippen LogP contribution in [0.2, 0.25) is 0 Å². The van der Waals surface area contributed by atoms with Crippen LogP contribution in [-0.2, 0) is 20.8 Å². The minimum atomic E-state index is -0.755. The number of rotatable bonds is 8. The van der Waals surface area contributed by atoms with Gasteiger partial charge in [-0.05, 0) is 18.4 Å². The Hall–Kier alpha value is -3.48. The standard InChI is InChI=1S/C24H27N3O4/c1-17(28)27-14-8-13-21(27)24(31)25-16-22(29)26-20(15-18-9-4-2-5-10-18)23(30)19-11-6-3-7-12-19/h2-7,9-12,20-21H,8,13-16H2,1H3,(H,25,31)(H,26,29). The van der Waals surface area contributed by atoms with E-state index in [-0.39, 0.29) is 24.1 Å². The summed E-state index contributed by atoms with van der Waals surface area (Å²) in [5, 5.41) is 5.36. The lowest BCUT2D eigenvalue weighted by molar-refractivity contribution is -0.137. The fraction of sp³-hybridized carbons (Fsp3) is 0.333. The van der Waals surface area contributed by atoms with Crippen LogP contribution in [0.1, 0.15) is 35.7 Å². The summed E-state index contributed by atoms with van der Waals surface area (Å²) in [7, 11) is 0. The lowest BCUT2D eigenvalue weighted by atomic mass is 9.97. The molecule has 0 radical (unpaired) electrons. The quantitative estimate of drug-likeness (QED) is 0.635. The van der Waals surface area contributed by atoms with Gasteiger partial charge in [-0.25, -0.2) is 0 Å². The molecule has 0 bridgehead atoms. The van der Waals surface area contributed by atoms with E-state index in [9.17, 15) is 19.2 Å². The average molecular weight is 421 g/mol. The van der Waals surface area contributed by atoms with Crippen LogP contribution < -0.4 is 10.6 Å². The number of ketones is 1. The molecule has 1 aliphatic rings. The molecule has 3 amide bonds. The topological polar surface area (TPSA) is 95.6 Å². The Bertz CT molecular complexity index is 930. The van der Waals surface area contributed by atoms with Crippen LogP contribution in [0, 0.1) is 0 Å². The van der Waals surface area contributed by atoms with Crippen molar-refractivity contribution in [2.75, 3.05) is 13.1 Å². The average Bonchev–Trinajstić information content (AvgIpc) is 3.28. The maximum Gasteiger partial charge on any atom is 0.243 e. The second kappa shape index (κ2) is 10.5. The first-order valence-electron chi connectivity index (χ1n) is 10.4. The van der Waals surface area contributed by atoms with Gasteiger partial charge in [-0.2, -0.15) is 0 Å². The fourth-order valence-electron chi connectivity index (χ4n) is 3.81. The van der Waals surface area contributed by atoms with Crippen LogP contribution in [0.5, 0.6) is 0 Å². The van der Waals surface area contributed by atoms with Crippen molar-refractivity contribution in [2.24, 2.45) is 0 Å². The Morgan fingerprint density at radius 1 is 1.00 bits per heavy atom. The van der Waals surface area contributed by atoms with Gasteiger partial charge in [0.1, 0.15) is 6.04 Å². The monoisotopic (exact) mass is 421 g/mol. The van der Waals surface area contributed by atoms with Crippen LogP contribution in [0.15, 0.2) is 60.7 Å². The number of hydrogen-bond acceptors (Lipinski definition) is 4. The summed E-state index contributed by atoms with van der Waals surface area (Å²) in [4.78, 5) is 51.2. The smallest absolute Gasteiger partial charge is 0.243 e. The molecule has 1 saturated heterocycles. The van der Waals surface area contributed by atoms with E-state index in [1.165, 1.54) is 11.8 Å². The molecule has 0 spiro atoms. The number of hydrogen-bond donors (Lipinski definition) is 2. The Labute approximate surface area is 181 Å². The fourth-order valence-corrected chi connectivity index (χ4v) is 3.81. The van der Waals surface area contributed by atoms with Crippen molar-refractivity contribution in [1.82, 2.24) is 15.5 Å². The highest BCUT2D eigenvalue weighted by molar-refractivity contribution is 6.02. The van der Waals surface area contributed by atoms with Crippen molar-refractivity contribution < 1.29 is 19.2 Å². The van der Waals surface area contributed by atoms with Crippen LogP contribution in [0.3, 0.4) is 0 Å². The second-order valence-electron chi connectivity index (χ2n) is 7.63. The summed E-state index contributed by atoms with van der Waals surface area (Å²) in [5.41, 5.74) is 1.43. The largest absolute Gasteiger partial charge is 0.345 e. The molecule has 1 aliphatic heterocycles. The minimum absolute atomic E-state index is 0.154. The van der Waals surface area contributed by atoms with Gasteiger partial charge in [-0.3, -0.25) is 19.2 Å². The van der Waals surface area contributed by atoms with Crippen LogP contribution in [0.25, 0.3) is 0 Å². The van der Waals surface area contributed by atoms with E-state index >= 15 is 0 Å². The number of benzene rings is 2. The summed E-state index contributed by atoms with van der Waals surface area (Å²) >= 11 is 0. The number of amides is 3. The van der Waals surface area contributed by atoms with Crippen molar-refractivity contribution in [3.63, 3.8) is 0 Å². The molecule has 2 N–H and O–H groups in total. The van der Waals surface area contributed by atoms with E-state index in [1.807, 2.05) is 36.4 Å². The van der Waals surface area contributed by atoms with E-state index in [0.29, 0.717) is 24.9 Å². The molecule has 0 aliphatic carbocycles. The zero-order chi connectivity index (χ0) is 22.2. The van der Waals surface area contributed by atoms with Gasteiger partial charge in [0.15, 0.2) is 5.78 Å². The molecule has 2 aromatic carbocycles. The summed E-state index contributed by atoms with van der Waals surface area (Å²) in [6.45, 7) is 1.72. The van der Waals surface area contributed by atoms with Crippen molar-refractivity contribution in [3.8, 4) is 0 Å². The molecule has 0 saturated carbocycles.